The zero-order chi connectivity index (χ0) is 17.2. The molecule has 1 unspecified atom stereocenters. The third-order valence-corrected chi connectivity index (χ3v) is 4.10. The maximum Gasteiger partial charge on any atom is 0.179 e. The van der Waals surface area contributed by atoms with Crippen molar-refractivity contribution in [1.29, 1.82) is 0 Å². The molecule has 0 radical (unpaired) electrons. The van der Waals surface area contributed by atoms with Crippen molar-refractivity contribution in [1.82, 2.24) is 4.98 Å². The zero-order valence-electron chi connectivity index (χ0n) is 13.6. The van der Waals surface area contributed by atoms with Gasteiger partial charge in [0.05, 0.1) is 16.2 Å². The van der Waals surface area contributed by atoms with E-state index in [0.29, 0.717) is 34.9 Å². The predicted molar refractivity (Wildman–Crippen MR) is 92.1 cm³/mol. The number of benzene rings is 1. The summed E-state index contributed by atoms with van der Waals surface area (Å²) in [5.74, 6) is 0.538. The third-order valence-electron chi connectivity index (χ3n) is 3.81. The molecule has 0 aliphatic heterocycles. The van der Waals surface area contributed by atoms with Crippen molar-refractivity contribution in [3.8, 4) is 0 Å². The van der Waals surface area contributed by atoms with Gasteiger partial charge in [-0.3, -0.25) is 4.79 Å². The summed E-state index contributed by atoms with van der Waals surface area (Å²) < 4.78 is 0. The van der Waals surface area contributed by atoms with Crippen LogP contribution in [-0.2, 0) is 11.2 Å². The minimum Gasteiger partial charge on any atom is -0.382 e. The molecule has 124 valence electrons. The van der Waals surface area contributed by atoms with Crippen molar-refractivity contribution in [2.24, 2.45) is 5.92 Å². The van der Waals surface area contributed by atoms with Crippen molar-refractivity contribution >= 4 is 34.6 Å². The fraction of sp³-hybridized carbons (Fsp3) is 0.444. The predicted octanol–water partition coefficient (Wildman–Crippen LogP) is 3.93. The van der Waals surface area contributed by atoms with Gasteiger partial charge in [0, 0.05) is 18.2 Å². The second-order valence-corrected chi connectivity index (χ2v) is 7.14. The Morgan fingerprint density at radius 2 is 2.09 bits per heavy atom. The van der Waals surface area contributed by atoms with Crippen molar-refractivity contribution in [2.75, 3.05) is 0 Å². The summed E-state index contributed by atoms with van der Waals surface area (Å²) in [4.78, 5) is 26.2. The Bertz CT molecular complexity index is 731. The Hall–Kier alpha value is -1.65. The lowest BCUT2D eigenvalue weighted by molar-refractivity contribution is -0.122. The SMILES string of the molecule is CC(C)CCC(=O)c1cc2cc(CC(C)(O)C=O)cc(Cl)c2[nH]1. The highest BCUT2D eigenvalue weighted by molar-refractivity contribution is 6.35. The molecule has 2 rings (SSSR count). The van der Waals surface area contributed by atoms with Crippen LogP contribution in [0.2, 0.25) is 5.02 Å². The number of aliphatic hydroxyl groups is 1. The highest BCUT2D eigenvalue weighted by Crippen LogP contribution is 2.28. The molecule has 0 saturated carbocycles. The van der Waals surface area contributed by atoms with Crippen LogP contribution in [0.15, 0.2) is 18.2 Å². The quantitative estimate of drug-likeness (QED) is 0.595. The number of hydrogen-bond acceptors (Lipinski definition) is 3. The van der Waals surface area contributed by atoms with Crippen LogP contribution < -0.4 is 0 Å². The largest absolute Gasteiger partial charge is 0.382 e. The number of halogens is 1. The third kappa shape index (κ3) is 4.43. The minimum absolute atomic E-state index is 0.0624. The average molecular weight is 336 g/mol. The molecule has 5 heteroatoms. The van der Waals surface area contributed by atoms with Crippen LogP contribution in [0, 0.1) is 5.92 Å². The number of aromatic amines is 1. The number of aromatic nitrogens is 1. The number of fused-ring (bicyclic) bond motifs is 1. The Labute approximate surface area is 140 Å². The summed E-state index contributed by atoms with van der Waals surface area (Å²) in [6, 6.07) is 5.33. The number of hydrogen-bond donors (Lipinski definition) is 2. The number of aldehydes is 1. The van der Waals surface area contributed by atoms with E-state index in [1.54, 1.807) is 12.1 Å². The van der Waals surface area contributed by atoms with Gasteiger partial charge in [-0.2, -0.15) is 0 Å². The molecule has 0 spiro atoms. The van der Waals surface area contributed by atoms with Crippen LogP contribution in [0.3, 0.4) is 0 Å². The first kappa shape index (κ1) is 17.7. The van der Waals surface area contributed by atoms with Gasteiger partial charge in [0.25, 0.3) is 0 Å². The van der Waals surface area contributed by atoms with E-state index in [4.69, 9.17) is 11.6 Å². The molecule has 1 aromatic carbocycles. The Balaban J connectivity index is 2.30. The van der Waals surface area contributed by atoms with Gasteiger partial charge in [-0.1, -0.05) is 25.4 Å². The maximum absolute atomic E-state index is 12.2. The van der Waals surface area contributed by atoms with Crippen LogP contribution in [0.5, 0.6) is 0 Å². The molecule has 0 aliphatic carbocycles. The van der Waals surface area contributed by atoms with Gasteiger partial charge in [-0.05, 0) is 43.0 Å². The molecule has 4 nitrogen and oxygen atoms in total. The molecule has 0 bridgehead atoms. The van der Waals surface area contributed by atoms with Gasteiger partial charge >= 0.3 is 0 Å². The van der Waals surface area contributed by atoms with E-state index >= 15 is 0 Å². The smallest absolute Gasteiger partial charge is 0.179 e. The summed E-state index contributed by atoms with van der Waals surface area (Å²) in [6.07, 6.45) is 2.03. The highest BCUT2D eigenvalue weighted by atomic mass is 35.5. The van der Waals surface area contributed by atoms with Gasteiger partial charge in [-0.15, -0.1) is 0 Å². The average Bonchev–Trinajstić information content (AvgIpc) is 2.89. The van der Waals surface area contributed by atoms with Crippen LogP contribution in [0.4, 0.5) is 0 Å². The molecular weight excluding hydrogens is 314 g/mol. The minimum atomic E-state index is -1.43. The molecule has 1 heterocycles. The summed E-state index contributed by atoms with van der Waals surface area (Å²) in [6.45, 7) is 5.62. The van der Waals surface area contributed by atoms with E-state index in [9.17, 15) is 14.7 Å². The fourth-order valence-electron chi connectivity index (χ4n) is 2.52. The number of rotatable bonds is 7. The number of H-pyrrole nitrogens is 1. The maximum atomic E-state index is 12.2. The Kier molecular flexibility index (Phi) is 5.27. The first-order valence-electron chi connectivity index (χ1n) is 7.75. The van der Waals surface area contributed by atoms with E-state index in [-0.39, 0.29) is 12.2 Å². The summed E-state index contributed by atoms with van der Waals surface area (Å²) in [5.41, 5.74) is 0.569. The lowest BCUT2D eigenvalue weighted by atomic mass is 9.97. The molecule has 0 amide bonds. The summed E-state index contributed by atoms with van der Waals surface area (Å²) in [7, 11) is 0. The molecule has 2 N–H and O–H groups in total. The van der Waals surface area contributed by atoms with Crippen molar-refractivity contribution in [2.45, 2.75) is 45.6 Å². The van der Waals surface area contributed by atoms with Crippen LogP contribution >= 0.6 is 11.6 Å². The van der Waals surface area contributed by atoms with Gasteiger partial charge in [-0.25, -0.2) is 0 Å². The summed E-state index contributed by atoms with van der Waals surface area (Å²) >= 11 is 6.27. The number of Topliss-reactive ketones (excluding diaryl/α,β-unsaturated/α-hetero) is 1. The second-order valence-electron chi connectivity index (χ2n) is 6.73. The molecule has 0 aliphatic rings. The second kappa shape index (κ2) is 6.85. The number of carbonyl (C=O) groups excluding carboxylic acids is 2. The fourth-order valence-corrected chi connectivity index (χ4v) is 2.82. The van der Waals surface area contributed by atoms with Crippen molar-refractivity contribution in [3.63, 3.8) is 0 Å². The molecular formula is C18H22ClNO3. The monoisotopic (exact) mass is 335 g/mol. The Morgan fingerprint density at radius 1 is 1.39 bits per heavy atom. The topological polar surface area (TPSA) is 70.2 Å². The van der Waals surface area contributed by atoms with E-state index < -0.39 is 5.60 Å². The van der Waals surface area contributed by atoms with E-state index in [1.807, 2.05) is 6.07 Å². The van der Waals surface area contributed by atoms with E-state index in [2.05, 4.69) is 18.8 Å². The van der Waals surface area contributed by atoms with Crippen molar-refractivity contribution in [3.05, 3.63) is 34.5 Å². The van der Waals surface area contributed by atoms with E-state index in [1.165, 1.54) is 6.92 Å². The number of ketones is 1. The molecule has 23 heavy (non-hydrogen) atoms. The van der Waals surface area contributed by atoms with Gasteiger partial charge < -0.3 is 14.9 Å². The van der Waals surface area contributed by atoms with Gasteiger partial charge in [0.1, 0.15) is 5.60 Å². The molecule has 1 atom stereocenters. The number of nitrogens with one attached hydrogen (secondary N) is 1. The van der Waals surface area contributed by atoms with Crippen molar-refractivity contribution < 1.29 is 14.7 Å². The standard InChI is InChI=1S/C18H22ClNO3/c1-11(2)4-5-16(22)15-8-13-6-12(9-18(3,23)10-21)7-14(19)17(13)20-15/h6-8,10-11,20,23H,4-5,9H2,1-3H3. The first-order chi connectivity index (χ1) is 10.7. The van der Waals surface area contributed by atoms with Crippen LogP contribution in [0.25, 0.3) is 10.9 Å². The zero-order valence-corrected chi connectivity index (χ0v) is 14.4. The highest BCUT2D eigenvalue weighted by Gasteiger charge is 2.21. The molecule has 0 saturated heterocycles. The van der Waals surface area contributed by atoms with E-state index in [0.717, 1.165) is 17.4 Å². The van der Waals surface area contributed by atoms with Crippen LogP contribution in [0.1, 0.15) is 49.7 Å². The van der Waals surface area contributed by atoms with Gasteiger partial charge in [0.2, 0.25) is 0 Å². The lowest BCUT2D eigenvalue weighted by Crippen LogP contribution is -2.28. The molecule has 2 aromatic rings. The molecule has 1 aromatic heterocycles. The number of carbonyl (C=O) groups is 2. The van der Waals surface area contributed by atoms with Crippen LogP contribution in [-0.4, -0.2) is 27.8 Å². The Morgan fingerprint density at radius 3 is 2.70 bits per heavy atom. The summed E-state index contributed by atoms with van der Waals surface area (Å²) in [5, 5.41) is 11.2. The molecule has 0 fully saturated rings. The lowest BCUT2D eigenvalue weighted by Gasteiger charge is -2.15. The first-order valence-corrected chi connectivity index (χ1v) is 8.12. The normalized spacial score (nSPS) is 14.2. The van der Waals surface area contributed by atoms with Gasteiger partial charge in [0.15, 0.2) is 12.1 Å².